The van der Waals surface area contributed by atoms with Gasteiger partial charge in [-0.15, -0.1) is 0 Å². The maximum atomic E-state index is 12.4. The van der Waals surface area contributed by atoms with E-state index in [1.807, 2.05) is 13.8 Å². The van der Waals surface area contributed by atoms with Gasteiger partial charge in [-0.1, -0.05) is 48.7 Å². The van der Waals surface area contributed by atoms with E-state index in [0.717, 1.165) is 0 Å². The molecule has 0 unspecified atom stereocenters. The molecule has 0 atom stereocenters. The molecule has 0 amide bonds. The third-order valence-corrected chi connectivity index (χ3v) is 6.24. The average molecular weight is 375 g/mol. The van der Waals surface area contributed by atoms with Gasteiger partial charge in [-0.05, 0) is 25.0 Å². The first-order valence-corrected chi connectivity index (χ1v) is 9.08. The molecule has 2 N–H and O–H groups in total. The van der Waals surface area contributed by atoms with Crippen molar-refractivity contribution >= 4 is 44.8 Å². The van der Waals surface area contributed by atoms with Gasteiger partial charge in [0.05, 0.1) is 10.0 Å². The number of sulfonamides is 1. The number of benzene rings is 1. The molecule has 8 heteroatoms. The Kier molecular flexibility index (Phi) is 6.78. The first-order valence-electron chi connectivity index (χ1n) is 6.46. The average Bonchev–Trinajstić information content (AvgIpc) is 2.39. The summed E-state index contributed by atoms with van der Waals surface area (Å²) in [6.07, 6.45) is 1.29. The third-order valence-electron chi connectivity index (χ3n) is 3.70. The molecule has 4 nitrogen and oxygen atoms in total. The van der Waals surface area contributed by atoms with Crippen LogP contribution >= 0.6 is 34.8 Å². The lowest BCUT2D eigenvalue weighted by Crippen LogP contribution is -2.39. The summed E-state index contributed by atoms with van der Waals surface area (Å²) in [4.78, 5) is -0.200. The van der Waals surface area contributed by atoms with E-state index in [0.29, 0.717) is 12.8 Å². The van der Waals surface area contributed by atoms with Gasteiger partial charge in [-0.25, -0.2) is 13.1 Å². The molecule has 1 rings (SSSR count). The maximum Gasteiger partial charge on any atom is 0.243 e. The number of rotatable bonds is 7. The second-order valence-corrected chi connectivity index (χ2v) is 7.84. The fourth-order valence-corrected chi connectivity index (χ4v) is 4.58. The molecule has 0 aliphatic heterocycles. The lowest BCUT2D eigenvalue weighted by atomic mass is 9.84. The predicted octanol–water partition coefficient (Wildman–Crippen LogP) is 3.72. The lowest BCUT2D eigenvalue weighted by molar-refractivity contribution is 0.119. The minimum absolute atomic E-state index is 0.0393. The van der Waals surface area contributed by atoms with Gasteiger partial charge in [-0.2, -0.15) is 0 Å². The molecule has 1 aromatic rings. The van der Waals surface area contributed by atoms with Crippen LogP contribution in [0.25, 0.3) is 0 Å². The highest BCUT2D eigenvalue weighted by atomic mass is 35.5. The summed E-state index contributed by atoms with van der Waals surface area (Å²) in [5, 5.41) is 9.67. The Balaban J connectivity index is 3.09. The van der Waals surface area contributed by atoms with Crippen molar-refractivity contribution in [1.82, 2.24) is 4.72 Å². The van der Waals surface area contributed by atoms with E-state index in [1.54, 1.807) is 0 Å². The summed E-state index contributed by atoms with van der Waals surface area (Å²) in [5.41, 5.74) is -0.502. The van der Waals surface area contributed by atoms with Gasteiger partial charge in [0.25, 0.3) is 0 Å². The Hall–Kier alpha value is -0.0400. The fraction of sp³-hybridized carbons (Fsp3) is 0.538. The Morgan fingerprint density at radius 1 is 1.14 bits per heavy atom. The van der Waals surface area contributed by atoms with Crippen LogP contribution in [0.1, 0.15) is 26.7 Å². The SMILES string of the molecule is CCC(CC)(CO)CNS(=O)(=O)c1c(Cl)cc(Cl)cc1Cl. The van der Waals surface area contributed by atoms with E-state index in [2.05, 4.69) is 4.72 Å². The third kappa shape index (κ3) is 4.47. The van der Waals surface area contributed by atoms with Crippen LogP contribution in [-0.2, 0) is 10.0 Å². The molecule has 0 radical (unpaired) electrons. The van der Waals surface area contributed by atoms with Gasteiger partial charge in [-0.3, -0.25) is 0 Å². The number of hydrogen-bond donors (Lipinski definition) is 2. The normalized spacial score (nSPS) is 12.7. The summed E-state index contributed by atoms with van der Waals surface area (Å²) in [7, 11) is -3.89. The molecule has 0 aliphatic rings. The molecule has 0 saturated heterocycles. The molecule has 0 aromatic heterocycles. The van der Waals surface area contributed by atoms with Crippen LogP contribution in [0.4, 0.5) is 0 Å². The quantitative estimate of drug-likeness (QED) is 0.764. The highest BCUT2D eigenvalue weighted by Crippen LogP contribution is 2.33. The van der Waals surface area contributed by atoms with Crippen molar-refractivity contribution in [3.63, 3.8) is 0 Å². The Morgan fingerprint density at radius 2 is 1.62 bits per heavy atom. The zero-order chi connectivity index (χ0) is 16.3. The lowest BCUT2D eigenvalue weighted by Gasteiger charge is -2.29. The summed E-state index contributed by atoms with van der Waals surface area (Å²) >= 11 is 17.6. The predicted molar refractivity (Wildman–Crippen MR) is 86.8 cm³/mol. The van der Waals surface area contributed by atoms with Crippen molar-refractivity contribution in [2.45, 2.75) is 31.6 Å². The van der Waals surface area contributed by atoms with Crippen LogP contribution in [0.2, 0.25) is 15.1 Å². The Labute approximate surface area is 140 Å². The first kappa shape index (κ1) is 19.0. The minimum atomic E-state index is -3.89. The van der Waals surface area contributed by atoms with Crippen molar-refractivity contribution in [2.75, 3.05) is 13.2 Å². The highest BCUT2D eigenvalue weighted by Gasteiger charge is 2.29. The summed E-state index contributed by atoms with van der Waals surface area (Å²) in [5.74, 6) is 0. The second-order valence-electron chi connectivity index (χ2n) is 4.89. The van der Waals surface area contributed by atoms with E-state index in [4.69, 9.17) is 34.8 Å². The monoisotopic (exact) mass is 373 g/mol. The van der Waals surface area contributed by atoms with Crippen molar-refractivity contribution in [3.05, 3.63) is 27.2 Å². The molecule has 120 valence electrons. The van der Waals surface area contributed by atoms with E-state index in [1.165, 1.54) is 12.1 Å². The van der Waals surface area contributed by atoms with E-state index >= 15 is 0 Å². The molecule has 0 heterocycles. The van der Waals surface area contributed by atoms with Crippen LogP contribution in [0.3, 0.4) is 0 Å². The number of nitrogens with one attached hydrogen (secondary N) is 1. The maximum absolute atomic E-state index is 12.4. The Bertz CT molecular complexity index is 569. The van der Waals surface area contributed by atoms with Crippen LogP contribution < -0.4 is 4.72 Å². The Morgan fingerprint density at radius 3 is 2.00 bits per heavy atom. The summed E-state index contributed by atoms with van der Waals surface area (Å²) in [6.45, 7) is 3.80. The molecule has 21 heavy (non-hydrogen) atoms. The molecular formula is C13H18Cl3NO3S. The van der Waals surface area contributed by atoms with E-state index in [-0.39, 0.29) is 33.1 Å². The van der Waals surface area contributed by atoms with Crippen molar-refractivity contribution in [3.8, 4) is 0 Å². The van der Waals surface area contributed by atoms with Crippen LogP contribution in [0, 0.1) is 5.41 Å². The first-order chi connectivity index (χ1) is 9.71. The van der Waals surface area contributed by atoms with Crippen molar-refractivity contribution < 1.29 is 13.5 Å². The zero-order valence-electron chi connectivity index (χ0n) is 11.8. The van der Waals surface area contributed by atoms with Crippen molar-refractivity contribution in [2.24, 2.45) is 5.41 Å². The summed E-state index contributed by atoms with van der Waals surface area (Å²) < 4.78 is 27.2. The molecular weight excluding hydrogens is 357 g/mol. The van der Waals surface area contributed by atoms with Gasteiger partial charge in [0.15, 0.2) is 0 Å². The molecule has 0 spiro atoms. The minimum Gasteiger partial charge on any atom is -0.396 e. The fourth-order valence-electron chi connectivity index (χ4n) is 1.89. The smallest absolute Gasteiger partial charge is 0.243 e. The molecule has 1 aromatic carbocycles. The highest BCUT2D eigenvalue weighted by molar-refractivity contribution is 7.89. The largest absolute Gasteiger partial charge is 0.396 e. The van der Waals surface area contributed by atoms with Gasteiger partial charge in [0, 0.05) is 23.6 Å². The van der Waals surface area contributed by atoms with Crippen LogP contribution in [-0.4, -0.2) is 26.7 Å². The van der Waals surface area contributed by atoms with E-state index in [9.17, 15) is 13.5 Å². The molecule has 0 saturated carbocycles. The number of hydrogen-bond acceptors (Lipinski definition) is 3. The molecule has 0 fully saturated rings. The molecule has 0 aliphatic carbocycles. The van der Waals surface area contributed by atoms with Gasteiger partial charge in [0.2, 0.25) is 10.0 Å². The topological polar surface area (TPSA) is 66.4 Å². The zero-order valence-corrected chi connectivity index (χ0v) is 14.9. The van der Waals surface area contributed by atoms with Crippen LogP contribution in [0.15, 0.2) is 17.0 Å². The molecule has 0 bridgehead atoms. The van der Waals surface area contributed by atoms with Gasteiger partial charge >= 0.3 is 0 Å². The van der Waals surface area contributed by atoms with E-state index < -0.39 is 15.4 Å². The van der Waals surface area contributed by atoms with Crippen LogP contribution in [0.5, 0.6) is 0 Å². The number of aliphatic hydroxyl groups excluding tert-OH is 1. The standard InChI is InChI=1S/C13H18Cl3NO3S/c1-3-13(4-2,8-18)7-17-21(19,20)12-10(15)5-9(14)6-11(12)16/h5-6,17-18H,3-4,7-8H2,1-2H3. The van der Waals surface area contributed by atoms with Gasteiger partial charge in [0.1, 0.15) is 4.90 Å². The second kappa shape index (κ2) is 7.49. The number of halogens is 3. The number of aliphatic hydroxyl groups is 1. The summed E-state index contributed by atoms with van der Waals surface area (Å²) in [6, 6.07) is 2.64. The van der Waals surface area contributed by atoms with Gasteiger partial charge < -0.3 is 5.11 Å². The van der Waals surface area contributed by atoms with Crippen molar-refractivity contribution in [1.29, 1.82) is 0 Å².